The highest BCUT2D eigenvalue weighted by Crippen LogP contribution is 2.50. The predicted octanol–water partition coefficient (Wildman–Crippen LogP) is 3.74. The molecular weight excluding hydrogens is 273 g/mol. The Hall–Kier alpha value is -0.680. The van der Waals surface area contributed by atoms with Crippen molar-refractivity contribution in [1.29, 1.82) is 0 Å². The molecule has 0 amide bonds. The van der Waals surface area contributed by atoms with Gasteiger partial charge in [0.15, 0.2) is 11.6 Å². The van der Waals surface area contributed by atoms with Gasteiger partial charge in [0.25, 0.3) is 0 Å². The van der Waals surface area contributed by atoms with E-state index >= 15 is 0 Å². The summed E-state index contributed by atoms with van der Waals surface area (Å²) < 4.78 is 40.2. The number of thioether (sulfide) groups is 1. The van der Waals surface area contributed by atoms with Crippen molar-refractivity contribution < 1.29 is 18.3 Å². The molecule has 1 aromatic rings. The van der Waals surface area contributed by atoms with E-state index in [4.69, 9.17) is 0 Å². The second-order valence-corrected chi connectivity index (χ2v) is 7.10. The van der Waals surface area contributed by atoms with Crippen LogP contribution >= 0.6 is 11.8 Å². The van der Waals surface area contributed by atoms with Gasteiger partial charge in [-0.25, -0.2) is 13.2 Å². The van der Waals surface area contributed by atoms with E-state index in [9.17, 15) is 18.3 Å². The summed E-state index contributed by atoms with van der Waals surface area (Å²) in [6.45, 7) is 0. The van der Waals surface area contributed by atoms with Crippen LogP contribution in [0.2, 0.25) is 0 Å². The third-order valence-corrected chi connectivity index (χ3v) is 5.65. The van der Waals surface area contributed by atoms with Gasteiger partial charge in [0.1, 0.15) is 5.82 Å². The van der Waals surface area contributed by atoms with Gasteiger partial charge in [-0.2, -0.15) is 11.8 Å². The van der Waals surface area contributed by atoms with Gasteiger partial charge in [0.05, 0.1) is 5.60 Å². The summed E-state index contributed by atoms with van der Waals surface area (Å²) in [5.41, 5.74) is -1.46. The average Bonchev–Trinajstić information content (AvgIpc) is 2.33. The van der Waals surface area contributed by atoms with E-state index in [-0.39, 0.29) is 16.1 Å². The van der Waals surface area contributed by atoms with Crippen molar-refractivity contribution in [2.45, 2.75) is 48.2 Å². The van der Waals surface area contributed by atoms with Crippen LogP contribution in [0.5, 0.6) is 0 Å². The van der Waals surface area contributed by atoms with Crippen LogP contribution in [0.15, 0.2) is 12.1 Å². The number of hydrogen-bond acceptors (Lipinski definition) is 2. The highest BCUT2D eigenvalue weighted by atomic mass is 32.2. The lowest BCUT2D eigenvalue weighted by molar-refractivity contribution is 0.00450. The fourth-order valence-electron chi connectivity index (χ4n) is 3.22. The summed E-state index contributed by atoms with van der Waals surface area (Å²) in [4.78, 5) is 0. The number of hydrogen-bond donors (Lipinski definition) is 1. The molecule has 104 valence electrons. The van der Waals surface area contributed by atoms with E-state index in [1.807, 2.05) is 11.8 Å². The summed E-state index contributed by atoms with van der Waals surface area (Å²) in [5.74, 6) is -3.17. The second-order valence-electron chi connectivity index (χ2n) is 5.50. The largest absolute Gasteiger partial charge is 0.385 e. The van der Waals surface area contributed by atoms with Crippen LogP contribution in [0.3, 0.4) is 0 Å². The van der Waals surface area contributed by atoms with Gasteiger partial charge < -0.3 is 5.11 Å². The number of rotatable bonds is 1. The summed E-state index contributed by atoms with van der Waals surface area (Å²) in [5, 5.41) is 11.3. The molecule has 2 bridgehead atoms. The van der Waals surface area contributed by atoms with Crippen LogP contribution in [0.25, 0.3) is 0 Å². The first-order valence-electron chi connectivity index (χ1n) is 6.51. The molecule has 0 aliphatic carbocycles. The maximum Gasteiger partial charge on any atom is 0.161 e. The van der Waals surface area contributed by atoms with Crippen molar-refractivity contribution in [2.75, 3.05) is 0 Å². The quantitative estimate of drug-likeness (QED) is 0.794. The summed E-state index contributed by atoms with van der Waals surface area (Å²) >= 11 is 1.83. The van der Waals surface area contributed by atoms with E-state index in [1.165, 1.54) is 0 Å². The molecule has 2 fully saturated rings. The van der Waals surface area contributed by atoms with E-state index in [0.717, 1.165) is 25.3 Å². The van der Waals surface area contributed by atoms with Gasteiger partial charge in [-0.05, 0) is 31.7 Å². The van der Waals surface area contributed by atoms with Crippen LogP contribution < -0.4 is 0 Å². The fraction of sp³-hybridized carbons (Fsp3) is 0.571. The van der Waals surface area contributed by atoms with Crippen molar-refractivity contribution in [3.8, 4) is 0 Å². The Morgan fingerprint density at radius 3 is 2.21 bits per heavy atom. The maximum absolute atomic E-state index is 13.9. The molecule has 2 atom stereocenters. The molecule has 0 radical (unpaired) electrons. The molecule has 1 aromatic carbocycles. The summed E-state index contributed by atoms with van der Waals surface area (Å²) in [7, 11) is 0. The van der Waals surface area contributed by atoms with Crippen LogP contribution in [0, 0.1) is 17.5 Å². The summed E-state index contributed by atoms with van der Waals surface area (Å²) in [6.07, 6.45) is 3.94. The molecule has 1 nitrogen and oxygen atoms in total. The number of benzene rings is 1. The molecule has 2 saturated heterocycles. The maximum atomic E-state index is 13.9. The fourth-order valence-corrected chi connectivity index (χ4v) is 5.11. The number of aliphatic hydroxyl groups is 1. The molecule has 19 heavy (non-hydrogen) atoms. The van der Waals surface area contributed by atoms with E-state index in [2.05, 4.69) is 0 Å². The number of halogens is 3. The third-order valence-electron chi connectivity index (χ3n) is 4.08. The molecule has 0 saturated carbocycles. The van der Waals surface area contributed by atoms with Gasteiger partial charge >= 0.3 is 0 Å². The molecule has 0 spiro atoms. The van der Waals surface area contributed by atoms with E-state index in [1.54, 1.807) is 0 Å². The number of fused-ring (bicyclic) bond motifs is 2. The molecule has 3 rings (SSSR count). The van der Waals surface area contributed by atoms with E-state index < -0.39 is 23.1 Å². The molecule has 1 N–H and O–H groups in total. The lowest BCUT2D eigenvalue weighted by Gasteiger charge is -2.44. The lowest BCUT2D eigenvalue weighted by Crippen LogP contribution is -2.41. The van der Waals surface area contributed by atoms with E-state index in [0.29, 0.717) is 18.9 Å². The molecule has 2 aliphatic heterocycles. The summed E-state index contributed by atoms with van der Waals surface area (Å²) in [6, 6.07) is 1.34. The first-order chi connectivity index (χ1) is 8.98. The molecule has 2 unspecified atom stereocenters. The molecule has 2 aliphatic rings. The first kappa shape index (κ1) is 13.3. The SMILES string of the molecule is OC1(c2cc(F)c(F)cc2F)CC2CCCC(C1)S2. The smallest absolute Gasteiger partial charge is 0.161 e. The highest BCUT2D eigenvalue weighted by Gasteiger charge is 2.44. The Morgan fingerprint density at radius 1 is 1.00 bits per heavy atom. The zero-order chi connectivity index (χ0) is 13.6. The van der Waals surface area contributed by atoms with Gasteiger partial charge in [-0.15, -0.1) is 0 Å². The molecule has 0 aromatic heterocycles. The topological polar surface area (TPSA) is 20.2 Å². The highest BCUT2D eigenvalue weighted by molar-refractivity contribution is 8.00. The molecule has 5 heteroatoms. The Morgan fingerprint density at radius 2 is 1.58 bits per heavy atom. The van der Waals surface area contributed by atoms with Crippen molar-refractivity contribution in [2.24, 2.45) is 0 Å². The van der Waals surface area contributed by atoms with Crippen LogP contribution in [0.1, 0.15) is 37.7 Å². The lowest BCUT2D eigenvalue weighted by atomic mass is 9.80. The molecule has 2 heterocycles. The minimum absolute atomic E-state index is 0.0939. The second kappa shape index (κ2) is 4.70. The van der Waals surface area contributed by atoms with Crippen LogP contribution in [-0.2, 0) is 5.60 Å². The zero-order valence-corrected chi connectivity index (χ0v) is 11.2. The Kier molecular flexibility index (Phi) is 3.29. The third kappa shape index (κ3) is 2.38. The van der Waals surface area contributed by atoms with Gasteiger partial charge in [-0.3, -0.25) is 0 Å². The minimum Gasteiger partial charge on any atom is -0.385 e. The van der Waals surface area contributed by atoms with Crippen molar-refractivity contribution in [3.05, 3.63) is 35.1 Å². The zero-order valence-electron chi connectivity index (χ0n) is 10.3. The Labute approximate surface area is 114 Å². The Balaban J connectivity index is 1.98. The minimum atomic E-state index is -1.36. The van der Waals surface area contributed by atoms with Gasteiger partial charge in [0, 0.05) is 22.1 Å². The van der Waals surface area contributed by atoms with Gasteiger partial charge in [-0.1, -0.05) is 6.42 Å². The standard InChI is InChI=1S/C14H15F3OS/c15-11-5-13(17)12(16)4-10(11)14(18)6-8-2-1-3-9(7-14)19-8/h4-5,8-9,18H,1-3,6-7H2. The van der Waals surface area contributed by atoms with Crippen molar-refractivity contribution >= 4 is 11.8 Å². The first-order valence-corrected chi connectivity index (χ1v) is 7.45. The molecular formula is C14H15F3OS. The monoisotopic (exact) mass is 288 g/mol. The average molecular weight is 288 g/mol. The van der Waals surface area contributed by atoms with Crippen molar-refractivity contribution in [3.63, 3.8) is 0 Å². The Bertz CT molecular complexity index is 494. The van der Waals surface area contributed by atoms with Crippen LogP contribution in [0.4, 0.5) is 13.2 Å². The van der Waals surface area contributed by atoms with Gasteiger partial charge in [0.2, 0.25) is 0 Å². The normalized spacial score (nSPS) is 34.3. The van der Waals surface area contributed by atoms with Crippen LogP contribution in [-0.4, -0.2) is 15.6 Å². The van der Waals surface area contributed by atoms with Crippen molar-refractivity contribution in [1.82, 2.24) is 0 Å². The predicted molar refractivity (Wildman–Crippen MR) is 68.5 cm³/mol.